The fourth-order valence-corrected chi connectivity index (χ4v) is 0. The second-order valence-electron chi connectivity index (χ2n) is 0.630. The molecule has 7 heavy (non-hydrogen) atoms. The molecule has 0 aliphatic carbocycles. The van der Waals surface area contributed by atoms with Gasteiger partial charge in [-0.2, -0.15) is 0 Å². The summed E-state index contributed by atoms with van der Waals surface area (Å²) in [6.07, 6.45) is 0. The summed E-state index contributed by atoms with van der Waals surface area (Å²) in [5.74, 6) is 0. The van der Waals surface area contributed by atoms with Gasteiger partial charge in [0.25, 0.3) is 8.05 Å². The van der Waals surface area contributed by atoms with Crippen molar-refractivity contribution in [3.05, 3.63) is 0 Å². The summed E-state index contributed by atoms with van der Waals surface area (Å²) >= 11 is 0. The normalized spacial score (nSPS) is 10.0. The second-order valence-corrected chi connectivity index (χ2v) is 1.89. The maximum absolute atomic E-state index is 9.25. The van der Waals surface area contributed by atoms with Crippen LogP contribution in [-0.4, -0.2) is 53.5 Å². The van der Waals surface area contributed by atoms with Gasteiger partial charge in [-0.3, -0.25) is 0 Å². The van der Waals surface area contributed by atoms with Gasteiger partial charge in [-0.25, -0.2) is 0 Å². The van der Waals surface area contributed by atoms with Gasteiger partial charge in [0, 0.05) is 7.82 Å². The molecule has 0 radical (unpaired) electrons. The Kier molecular flexibility index (Phi) is 7.40. The summed E-state index contributed by atoms with van der Waals surface area (Å²) in [7, 11) is -3.83. The Morgan fingerprint density at radius 1 is 1.57 bits per heavy atom. The molecule has 0 aliphatic heterocycles. The summed E-state index contributed by atoms with van der Waals surface area (Å²) in [4.78, 5) is 18.5. The molecule has 0 heterocycles. The van der Waals surface area contributed by atoms with Crippen LogP contribution in [0.1, 0.15) is 0 Å². The first-order chi connectivity index (χ1) is 2.56. The topological polar surface area (TPSA) is 72.4 Å². The van der Waals surface area contributed by atoms with E-state index in [0.717, 1.165) is 8.05 Å². The van der Waals surface area contributed by atoms with Gasteiger partial charge in [-0.05, 0) is 0 Å². The molecule has 0 saturated heterocycles. The molecule has 0 N–H and O–H groups in total. The quantitative estimate of drug-likeness (QED) is 0.330. The molecule has 0 atom stereocenters. The van der Waals surface area contributed by atoms with Gasteiger partial charge in [-0.1, -0.05) is 0 Å². The Bertz CT molecular complexity index is 75.8. The fourth-order valence-electron chi connectivity index (χ4n) is 0. The molecule has 36 valence electrons. The van der Waals surface area contributed by atoms with E-state index in [2.05, 4.69) is 4.44 Å². The van der Waals surface area contributed by atoms with Crippen LogP contribution in [0.5, 0.6) is 0 Å². The van der Waals surface area contributed by atoms with E-state index in [1.54, 1.807) is 0 Å². The Labute approximate surface area is 79.2 Å². The van der Waals surface area contributed by atoms with Crippen molar-refractivity contribution >= 4 is 61.4 Å². The molecule has 7 heteroatoms. The van der Waals surface area contributed by atoms with Crippen molar-refractivity contribution in [1.82, 2.24) is 0 Å². The van der Waals surface area contributed by atoms with Crippen LogP contribution in [0.2, 0.25) is 0 Å². The molecule has 0 aliphatic rings. The van der Waals surface area contributed by atoms with E-state index in [9.17, 15) is 14.4 Å². The van der Waals surface area contributed by atoms with Gasteiger partial charge in [0.15, 0.2) is 0 Å². The molecular formula is H2BO4PSr. The van der Waals surface area contributed by atoms with Crippen molar-refractivity contribution < 1.29 is 18.8 Å². The monoisotopic (exact) mass is 196 g/mol. The van der Waals surface area contributed by atoms with Gasteiger partial charge in [0.1, 0.15) is 0 Å². The van der Waals surface area contributed by atoms with Gasteiger partial charge in [-0.15, -0.1) is 0 Å². The van der Waals surface area contributed by atoms with Gasteiger partial charge >= 0.3 is 45.5 Å². The predicted octanol–water partition coefficient (Wildman–Crippen LogP) is -3.00. The molecule has 0 aromatic heterocycles. The van der Waals surface area contributed by atoms with Crippen molar-refractivity contribution in [2.24, 2.45) is 0 Å². The molecule has 4 nitrogen and oxygen atoms in total. The number of phosphoric acid groups is 1. The minimum absolute atomic E-state index is 0. The Hall–Kier alpha value is 1.66. The van der Waals surface area contributed by atoms with Crippen molar-refractivity contribution in [1.29, 1.82) is 0 Å². The smallest absolute Gasteiger partial charge is 0.791 e. The van der Waals surface area contributed by atoms with Crippen LogP contribution in [0.3, 0.4) is 0 Å². The Morgan fingerprint density at radius 2 is 1.71 bits per heavy atom. The molecular weight excluding hydrogens is 193 g/mol. The van der Waals surface area contributed by atoms with E-state index in [4.69, 9.17) is 0 Å². The zero-order chi connectivity index (χ0) is 5.21. The fraction of sp³-hybridized carbons (Fsp3) is 0. The molecule has 0 bridgehead atoms. The largest absolute Gasteiger partial charge is 2.00 e. The Balaban J connectivity index is 0. The van der Waals surface area contributed by atoms with E-state index in [1.807, 2.05) is 0 Å². The molecule has 0 fully saturated rings. The van der Waals surface area contributed by atoms with Crippen molar-refractivity contribution in [2.45, 2.75) is 0 Å². The first-order valence-electron chi connectivity index (χ1n) is 1.14. The minimum Gasteiger partial charge on any atom is -0.791 e. The van der Waals surface area contributed by atoms with Crippen LogP contribution in [0.15, 0.2) is 0 Å². The van der Waals surface area contributed by atoms with E-state index >= 15 is 0 Å². The van der Waals surface area contributed by atoms with Crippen molar-refractivity contribution in [3.63, 3.8) is 0 Å². The zero-order valence-electron chi connectivity index (χ0n) is 3.79. The number of hydrogen-bond acceptors (Lipinski definition) is 4. The standard InChI is InChI=1S/BH4O4P.Sr/c1-5-6(2,3)4;/h1H2,(H2,2,3,4);/q;+2/p-2. The number of hydrogen-bond donors (Lipinski definition) is 0. The molecule has 0 aromatic rings. The molecule has 0 aromatic carbocycles. The molecule has 0 spiro atoms. The van der Waals surface area contributed by atoms with E-state index < -0.39 is 7.82 Å². The van der Waals surface area contributed by atoms with Crippen LogP contribution in [0.4, 0.5) is 0 Å². The third-order valence-electron chi connectivity index (χ3n) is 0.224. The van der Waals surface area contributed by atoms with Crippen LogP contribution in [0, 0.1) is 0 Å². The summed E-state index contributed by atoms with van der Waals surface area (Å²) in [5.41, 5.74) is 0. The average Bonchev–Trinajstić information content (AvgIpc) is 1.35. The van der Waals surface area contributed by atoms with Crippen LogP contribution in [-0.2, 0) is 9.01 Å². The third kappa shape index (κ3) is 11.3. The SMILES string of the molecule is BOP(=O)([O-])[O-].[Sr+2]. The van der Waals surface area contributed by atoms with E-state index in [1.165, 1.54) is 0 Å². The first kappa shape index (κ1) is 11.5. The number of rotatable bonds is 1. The van der Waals surface area contributed by atoms with E-state index in [-0.39, 0.29) is 45.5 Å². The summed E-state index contributed by atoms with van der Waals surface area (Å²) < 4.78 is 12.6. The van der Waals surface area contributed by atoms with Crippen molar-refractivity contribution in [3.8, 4) is 0 Å². The van der Waals surface area contributed by atoms with Gasteiger partial charge < -0.3 is 18.8 Å². The summed E-state index contributed by atoms with van der Waals surface area (Å²) in [6, 6.07) is 0. The predicted molar refractivity (Wildman–Crippen MR) is 23.0 cm³/mol. The molecule has 0 saturated carbocycles. The summed E-state index contributed by atoms with van der Waals surface area (Å²) in [5, 5.41) is 0. The average molecular weight is 195 g/mol. The summed E-state index contributed by atoms with van der Waals surface area (Å²) in [6.45, 7) is 0. The maximum atomic E-state index is 9.25. The molecule has 0 rings (SSSR count). The van der Waals surface area contributed by atoms with Crippen LogP contribution < -0.4 is 9.79 Å². The minimum atomic E-state index is -4.65. The van der Waals surface area contributed by atoms with E-state index in [0.29, 0.717) is 0 Å². The first-order valence-corrected chi connectivity index (χ1v) is 2.60. The second kappa shape index (κ2) is 4.53. The zero-order valence-corrected chi connectivity index (χ0v) is 8.16. The maximum Gasteiger partial charge on any atom is 2.00 e. The molecule has 0 amide bonds. The van der Waals surface area contributed by atoms with Crippen molar-refractivity contribution in [2.75, 3.05) is 0 Å². The third-order valence-corrected chi connectivity index (χ3v) is 0.671. The van der Waals surface area contributed by atoms with Crippen LogP contribution >= 0.6 is 7.82 Å². The van der Waals surface area contributed by atoms with Gasteiger partial charge in [0.2, 0.25) is 0 Å². The van der Waals surface area contributed by atoms with Gasteiger partial charge in [0.05, 0.1) is 0 Å². The Morgan fingerprint density at radius 3 is 1.71 bits per heavy atom. The van der Waals surface area contributed by atoms with Crippen LogP contribution in [0.25, 0.3) is 0 Å². The molecule has 0 unspecified atom stereocenters.